The maximum atomic E-state index is 11.6. The summed E-state index contributed by atoms with van der Waals surface area (Å²) in [7, 11) is 0. The smallest absolute Gasteiger partial charge is 0.308 e. The van der Waals surface area contributed by atoms with Gasteiger partial charge >= 0.3 is 5.97 Å². The minimum atomic E-state index is -0.946. The Morgan fingerprint density at radius 3 is 2.71 bits per heavy atom. The van der Waals surface area contributed by atoms with E-state index in [0.29, 0.717) is 5.56 Å². The number of carbonyl (C=O) groups is 2. The van der Waals surface area contributed by atoms with E-state index >= 15 is 0 Å². The third-order valence-electron chi connectivity index (χ3n) is 2.92. The Morgan fingerprint density at radius 2 is 2.12 bits per heavy atom. The van der Waals surface area contributed by atoms with Crippen molar-refractivity contribution in [3.05, 3.63) is 29.8 Å². The summed E-state index contributed by atoms with van der Waals surface area (Å²) >= 11 is 0. The fraction of sp³-hybridized carbons (Fsp3) is 0.333. The number of aromatic hydroxyl groups is 1. The van der Waals surface area contributed by atoms with Crippen molar-refractivity contribution < 1.29 is 19.8 Å². The summed E-state index contributed by atoms with van der Waals surface area (Å²) in [5, 5.41) is 18.4. The van der Waals surface area contributed by atoms with Gasteiger partial charge in [0.2, 0.25) is 5.91 Å². The monoisotopic (exact) mass is 235 g/mol. The van der Waals surface area contributed by atoms with Gasteiger partial charge < -0.3 is 15.1 Å². The number of phenolic OH excluding ortho intramolecular Hbond substituents is 1. The van der Waals surface area contributed by atoms with E-state index in [9.17, 15) is 14.7 Å². The zero-order valence-corrected chi connectivity index (χ0v) is 9.17. The van der Waals surface area contributed by atoms with Gasteiger partial charge in [0.1, 0.15) is 5.75 Å². The zero-order chi connectivity index (χ0) is 12.4. The number of carboxylic acids is 1. The van der Waals surface area contributed by atoms with Crippen LogP contribution in [-0.4, -0.2) is 33.5 Å². The molecule has 0 radical (unpaired) electrons. The summed E-state index contributed by atoms with van der Waals surface area (Å²) in [5.74, 6) is -1.63. The molecule has 1 atom stereocenters. The quantitative estimate of drug-likeness (QED) is 0.813. The van der Waals surface area contributed by atoms with Crippen molar-refractivity contribution in [3.63, 3.8) is 0 Å². The van der Waals surface area contributed by atoms with E-state index in [-0.39, 0.29) is 31.2 Å². The molecule has 1 amide bonds. The first-order valence-electron chi connectivity index (χ1n) is 5.35. The van der Waals surface area contributed by atoms with E-state index < -0.39 is 11.9 Å². The van der Waals surface area contributed by atoms with Gasteiger partial charge in [-0.25, -0.2) is 0 Å². The highest BCUT2D eigenvalue weighted by atomic mass is 16.4. The van der Waals surface area contributed by atoms with Crippen LogP contribution in [0, 0.1) is 5.92 Å². The van der Waals surface area contributed by atoms with Crippen LogP contribution in [0.3, 0.4) is 0 Å². The second-order valence-corrected chi connectivity index (χ2v) is 4.14. The third kappa shape index (κ3) is 2.38. The van der Waals surface area contributed by atoms with Gasteiger partial charge in [-0.05, 0) is 6.07 Å². The van der Waals surface area contributed by atoms with Crippen LogP contribution in [0.25, 0.3) is 0 Å². The largest absolute Gasteiger partial charge is 0.508 e. The van der Waals surface area contributed by atoms with Gasteiger partial charge in [-0.1, -0.05) is 18.2 Å². The number of benzene rings is 1. The first-order valence-corrected chi connectivity index (χ1v) is 5.35. The molecule has 1 fully saturated rings. The van der Waals surface area contributed by atoms with E-state index in [1.54, 1.807) is 24.3 Å². The highest BCUT2D eigenvalue weighted by molar-refractivity contribution is 5.86. The van der Waals surface area contributed by atoms with Crippen molar-refractivity contribution >= 4 is 11.9 Å². The van der Waals surface area contributed by atoms with E-state index in [2.05, 4.69) is 0 Å². The van der Waals surface area contributed by atoms with Gasteiger partial charge in [-0.15, -0.1) is 0 Å². The minimum Gasteiger partial charge on any atom is -0.508 e. The van der Waals surface area contributed by atoms with Crippen LogP contribution in [0.4, 0.5) is 0 Å². The molecule has 17 heavy (non-hydrogen) atoms. The number of likely N-dealkylation sites (tertiary alicyclic amines) is 1. The number of hydrogen-bond acceptors (Lipinski definition) is 3. The first-order chi connectivity index (χ1) is 8.08. The van der Waals surface area contributed by atoms with Crippen molar-refractivity contribution in [1.82, 2.24) is 4.90 Å². The number of rotatable bonds is 3. The van der Waals surface area contributed by atoms with E-state index in [1.807, 2.05) is 0 Å². The summed E-state index contributed by atoms with van der Waals surface area (Å²) in [6.07, 6.45) is 0.0446. The fourth-order valence-electron chi connectivity index (χ4n) is 1.94. The molecule has 0 spiro atoms. The van der Waals surface area contributed by atoms with E-state index in [1.165, 1.54) is 4.90 Å². The van der Waals surface area contributed by atoms with Gasteiger partial charge in [0.15, 0.2) is 0 Å². The number of nitrogens with zero attached hydrogens (tertiary/aromatic N) is 1. The van der Waals surface area contributed by atoms with Gasteiger partial charge in [-0.2, -0.15) is 0 Å². The summed E-state index contributed by atoms with van der Waals surface area (Å²) < 4.78 is 0. The van der Waals surface area contributed by atoms with E-state index in [4.69, 9.17) is 5.11 Å². The molecular weight excluding hydrogens is 222 g/mol. The molecule has 0 saturated carbocycles. The molecule has 1 saturated heterocycles. The second kappa shape index (κ2) is 4.45. The Bertz CT molecular complexity index is 458. The number of phenols is 1. The highest BCUT2D eigenvalue weighted by Gasteiger charge is 2.34. The molecule has 1 aromatic rings. The first kappa shape index (κ1) is 11.4. The normalized spacial score (nSPS) is 19.6. The van der Waals surface area contributed by atoms with Crippen LogP contribution in [-0.2, 0) is 16.1 Å². The molecular formula is C12H13NO4. The lowest BCUT2D eigenvalue weighted by atomic mass is 10.1. The van der Waals surface area contributed by atoms with Crippen molar-refractivity contribution in [2.45, 2.75) is 13.0 Å². The van der Waals surface area contributed by atoms with Gasteiger partial charge in [0.25, 0.3) is 0 Å². The van der Waals surface area contributed by atoms with Gasteiger partial charge in [0.05, 0.1) is 5.92 Å². The molecule has 1 heterocycles. The topological polar surface area (TPSA) is 77.8 Å². The molecule has 0 aromatic heterocycles. The summed E-state index contributed by atoms with van der Waals surface area (Å²) in [5.41, 5.74) is 0.631. The molecule has 1 aliphatic heterocycles. The maximum absolute atomic E-state index is 11.6. The highest BCUT2D eigenvalue weighted by Crippen LogP contribution is 2.23. The lowest BCUT2D eigenvalue weighted by Crippen LogP contribution is -2.25. The summed E-state index contributed by atoms with van der Waals surface area (Å²) in [6.45, 7) is 0.470. The standard InChI is InChI=1S/C12H13NO4/c14-10-4-2-1-3-8(10)6-13-7-9(12(16)17)5-11(13)15/h1-4,9,14H,5-7H2,(H,16,17). The minimum absolute atomic E-state index is 0.0446. The van der Waals surface area contributed by atoms with Crippen LogP contribution < -0.4 is 0 Å². The second-order valence-electron chi connectivity index (χ2n) is 4.14. The van der Waals surface area contributed by atoms with Gasteiger partial charge in [-0.3, -0.25) is 9.59 Å². The molecule has 2 N–H and O–H groups in total. The molecule has 0 bridgehead atoms. The van der Waals surface area contributed by atoms with Crippen LogP contribution in [0.1, 0.15) is 12.0 Å². The lowest BCUT2D eigenvalue weighted by molar-refractivity contribution is -0.141. The molecule has 90 valence electrons. The number of aliphatic carboxylic acids is 1. The number of carboxylic acid groups (broad SMARTS) is 1. The average Bonchev–Trinajstić information content (AvgIpc) is 2.64. The zero-order valence-electron chi connectivity index (χ0n) is 9.17. The average molecular weight is 235 g/mol. The van der Waals surface area contributed by atoms with Crippen molar-refractivity contribution in [3.8, 4) is 5.75 Å². The molecule has 1 aliphatic rings. The number of para-hydroxylation sites is 1. The Labute approximate surface area is 98.3 Å². The number of carbonyl (C=O) groups excluding carboxylic acids is 1. The van der Waals surface area contributed by atoms with E-state index in [0.717, 1.165) is 0 Å². The molecule has 5 nitrogen and oxygen atoms in total. The molecule has 1 aromatic carbocycles. The lowest BCUT2D eigenvalue weighted by Gasteiger charge is -2.16. The maximum Gasteiger partial charge on any atom is 0.308 e. The molecule has 1 unspecified atom stereocenters. The number of amides is 1. The van der Waals surface area contributed by atoms with Crippen LogP contribution in [0.5, 0.6) is 5.75 Å². The SMILES string of the molecule is O=C(O)C1CC(=O)N(Cc2ccccc2O)C1. The van der Waals surface area contributed by atoms with Crippen molar-refractivity contribution in [2.75, 3.05) is 6.54 Å². The fourth-order valence-corrected chi connectivity index (χ4v) is 1.94. The Kier molecular flexibility index (Phi) is 2.99. The third-order valence-corrected chi connectivity index (χ3v) is 2.92. The Morgan fingerprint density at radius 1 is 1.41 bits per heavy atom. The molecule has 5 heteroatoms. The molecule has 0 aliphatic carbocycles. The number of hydrogen-bond donors (Lipinski definition) is 2. The van der Waals surface area contributed by atoms with Crippen LogP contribution in [0.2, 0.25) is 0 Å². The predicted octanol–water partition coefficient (Wildman–Crippen LogP) is 0.825. The Hall–Kier alpha value is -2.04. The molecule has 2 rings (SSSR count). The Balaban J connectivity index is 2.08. The van der Waals surface area contributed by atoms with Crippen molar-refractivity contribution in [2.24, 2.45) is 5.92 Å². The summed E-state index contributed by atoms with van der Waals surface area (Å²) in [6, 6.07) is 6.73. The summed E-state index contributed by atoms with van der Waals surface area (Å²) in [4.78, 5) is 23.8. The van der Waals surface area contributed by atoms with Crippen molar-refractivity contribution in [1.29, 1.82) is 0 Å². The van der Waals surface area contributed by atoms with Crippen LogP contribution >= 0.6 is 0 Å². The van der Waals surface area contributed by atoms with Gasteiger partial charge in [0, 0.05) is 25.1 Å². The predicted molar refractivity (Wildman–Crippen MR) is 59.3 cm³/mol. The van der Waals surface area contributed by atoms with Crippen LogP contribution in [0.15, 0.2) is 24.3 Å².